The van der Waals surface area contributed by atoms with Crippen LogP contribution in [0, 0.1) is 32.9 Å². The van der Waals surface area contributed by atoms with E-state index in [2.05, 4.69) is 171 Å². The zero-order valence-corrected chi connectivity index (χ0v) is 40.4. The van der Waals surface area contributed by atoms with Crippen molar-refractivity contribution in [3.8, 4) is 55.9 Å². The zero-order chi connectivity index (χ0) is 42.8. The van der Waals surface area contributed by atoms with Gasteiger partial charge in [0.25, 0.3) is 0 Å². The number of hydrogen-bond acceptors (Lipinski definition) is 4. The van der Waals surface area contributed by atoms with Crippen molar-refractivity contribution in [1.82, 2.24) is 15.0 Å². The van der Waals surface area contributed by atoms with Crippen molar-refractivity contribution in [2.24, 2.45) is 0 Å². The molecule has 6 heteroatoms. The number of furan rings is 1. The first-order valence-electron chi connectivity index (χ1n) is 22.0. The van der Waals surface area contributed by atoms with Gasteiger partial charge in [0.2, 0.25) is 0 Å². The van der Waals surface area contributed by atoms with E-state index >= 15 is 0 Å². The summed E-state index contributed by atoms with van der Waals surface area (Å²) in [6.07, 6.45) is 10.6. The van der Waals surface area contributed by atoms with Crippen LogP contribution < -0.4 is 5.19 Å². The van der Waals surface area contributed by atoms with E-state index in [0.717, 1.165) is 72.5 Å². The largest absolute Gasteiger partial charge is 0.500 e. The first kappa shape index (κ1) is 43.8. The third kappa shape index (κ3) is 9.60. The Kier molecular flexibility index (Phi) is 13.2. The van der Waals surface area contributed by atoms with Gasteiger partial charge in [-0.2, -0.15) is 0 Å². The smallest absolute Gasteiger partial charge is 0.128 e. The molecule has 63 heavy (non-hydrogen) atoms. The van der Waals surface area contributed by atoms with E-state index in [1.54, 1.807) is 0 Å². The first-order chi connectivity index (χ1) is 30.1. The SMILES string of the molecule is Cc1cc(-c2c[c-]c(-c3cc(C)c([Si](C)(C)C)cn3)cc2)cc(C)n1.[Ir].[c-]1ccc2c(oc3c(-c4ccccc4)cc(-c4ccccc4)cc32)c1-c1cc(C2CCCCC2)ccn1. The predicted molar refractivity (Wildman–Crippen MR) is 261 cm³/mol. The Morgan fingerprint density at radius 1 is 0.603 bits per heavy atom. The Balaban J connectivity index is 0.000000184. The van der Waals surface area contributed by atoms with Crippen molar-refractivity contribution in [3.05, 3.63) is 181 Å². The molecule has 0 spiro atoms. The summed E-state index contributed by atoms with van der Waals surface area (Å²) in [5.41, 5.74) is 17.4. The normalized spacial score (nSPS) is 13.0. The maximum atomic E-state index is 6.73. The third-order valence-electron chi connectivity index (χ3n) is 12.3. The number of fused-ring (bicyclic) bond motifs is 3. The minimum absolute atomic E-state index is 0. The van der Waals surface area contributed by atoms with Gasteiger partial charge in [0, 0.05) is 54.8 Å². The molecule has 4 heterocycles. The molecule has 4 aromatic heterocycles. The summed E-state index contributed by atoms with van der Waals surface area (Å²) in [7, 11) is -1.34. The monoisotopic (exact) mass is 1020 g/mol. The van der Waals surface area contributed by atoms with Crippen LogP contribution in [-0.4, -0.2) is 23.0 Å². The van der Waals surface area contributed by atoms with Crippen LogP contribution in [0.15, 0.2) is 150 Å². The van der Waals surface area contributed by atoms with Gasteiger partial charge in [0.1, 0.15) is 5.58 Å². The molecule has 5 aromatic carbocycles. The quantitative estimate of drug-likeness (QED) is 0.118. The Hall–Kier alpha value is -5.78. The van der Waals surface area contributed by atoms with Gasteiger partial charge in [0.15, 0.2) is 0 Å². The zero-order valence-electron chi connectivity index (χ0n) is 37.1. The minimum atomic E-state index is -1.34. The minimum Gasteiger partial charge on any atom is -0.500 e. The van der Waals surface area contributed by atoms with Gasteiger partial charge < -0.3 is 14.4 Å². The second-order valence-corrected chi connectivity index (χ2v) is 22.9. The Morgan fingerprint density at radius 2 is 1.30 bits per heavy atom. The third-order valence-corrected chi connectivity index (χ3v) is 14.4. The Morgan fingerprint density at radius 3 is 1.97 bits per heavy atom. The van der Waals surface area contributed by atoms with Crippen LogP contribution >= 0.6 is 0 Å². The molecule has 0 amide bonds. The molecule has 1 aliphatic rings. The molecule has 1 radical (unpaired) electrons. The molecule has 0 N–H and O–H groups in total. The fourth-order valence-corrected chi connectivity index (χ4v) is 10.9. The number of aromatic nitrogens is 3. The van der Waals surface area contributed by atoms with Crippen LogP contribution in [0.2, 0.25) is 19.6 Å². The van der Waals surface area contributed by atoms with Crippen LogP contribution in [0.5, 0.6) is 0 Å². The van der Waals surface area contributed by atoms with E-state index in [1.165, 1.54) is 65.1 Å². The fraction of sp³-hybridized carbons (Fsp3) is 0.211. The van der Waals surface area contributed by atoms with E-state index in [-0.39, 0.29) is 20.1 Å². The Labute approximate surface area is 387 Å². The molecule has 0 bridgehead atoms. The fourth-order valence-electron chi connectivity index (χ4n) is 9.19. The van der Waals surface area contributed by atoms with Crippen molar-refractivity contribution in [1.29, 1.82) is 0 Å². The summed E-state index contributed by atoms with van der Waals surface area (Å²) in [6.45, 7) is 13.3. The van der Waals surface area contributed by atoms with E-state index in [9.17, 15) is 0 Å². The van der Waals surface area contributed by atoms with Crippen molar-refractivity contribution in [3.63, 3.8) is 0 Å². The molecule has 317 valence electrons. The van der Waals surface area contributed by atoms with Crippen LogP contribution in [0.1, 0.15) is 60.5 Å². The number of pyridine rings is 3. The van der Waals surface area contributed by atoms with Crippen LogP contribution in [0.25, 0.3) is 77.8 Å². The molecule has 10 rings (SSSR count). The molecular weight excluding hydrogens is 963 g/mol. The van der Waals surface area contributed by atoms with Crippen molar-refractivity contribution >= 4 is 35.2 Å². The summed E-state index contributed by atoms with van der Waals surface area (Å²) < 4.78 is 6.73. The molecule has 1 saturated carbocycles. The summed E-state index contributed by atoms with van der Waals surface area (Å²) in [5, 5.41) is 3.65. The standard InChI is InChI=1S/C35H28NO.C22H25N2Si.Ir/c1-4-11-24(12-5-1)27-19-20-36-33(23-27)30-18-10-17-29-32-22-28(25-13-6-2-7-14-25)21-31(35(32)37-34(29)30)26-15-8-3-9-16-26;1-15-11-21(23-14-22(15)25(4,5)6)19-9-7-18(8-10-19)20-12-16(2)24-17(3)13-20;/h2-3,6-10,13-17,19-24H,1,4-5,11-12H2;7-9,11-14H,1-6H3;/q2*-1;. The summed E-state index contributed by atoms with van der Waals surface area (Å²) in [6, 6.07) is 53.8. The van der Waals surface area contributed by atoms with Crippen molar-refractivity contribution in [2.75, 3.05) is 0 Å². The number of nitrogens with zero attached hydrogens (tertiary/aromatic N) is 3. The van der Waals surface area contributed by atoms with Crippen molar-refractivity contribution in [2.45, 2.75) is 78.4 Å². The average Bonchev–Trinajstić information content (AvgIpc) is 3.68. The number of hydrogen-bond donors (Lipinski definition) is 0. The van der Waals surface area contributed by atoms with Gasteiger partial charge in [-0.15, -0.1) is 48.0 Å². The van der Waals surface area contributed by atoms with Crippen molar-refractivity contribution < 1.29 is 24.5 Å². The summed E-state index contributed by atoms with van der Waals surface area (Å²) in [5.74, 6) is 0.628. The molecule has 9 aromatic rings. The number of aryl methyl sites for hydroxylation is 3. The van der Waals surface area contributed by atoms with Crippen LogP contribution in [0.4, 0.5) is 0 Å². The number of rotatable bonds is 7. The Bertz CT molecular complexity index is 2980. The van der Waals surface area contributed by atoms with Gasteiger partial charge >= 0.3 is 0 Å². The van der Waals surface area contributed by atoms with Crippen LogP contribution in [-0.2, 0) is 20.1 Å². The van der Waals surface area contributed by atoms with Gasteiger partial charge in [-0.05, 0) is 103 Å². The molecule has 1 fully saturated rings. The molecule has 0 aliphatic heterocycles. The maximum absolute atomic E-state index is 6.73. The molecule has 0 unspecified atom stereocenters. The average molecular weight is 1020 g/mol. The maximum Gasteiger partial charge on any atom is 0.128 e. The molecular formula is C57H53IrN3OSi-2. The molecule has 4 nitrogen and oxygen atoms in total. The number of benzene rings is 5. The first-order valence-corrected chi connectivity index (χ1v) is 25.5. The second-order valence-electron chi connectivity index (χ2n) is 17.9. The summed E-state index contributed by atoms with van der Waals surface area (Å²) >= 11 is 0. The van der Waals surface area contributed by atoms with E-state index < -0.39 is 8.07 Å². The molecule has 0 atom stereocenters. The van der Waals surface area contributed by atoms with Gasteiger partial charge in [-0.25, -0.2) is 0 Å². The topological polar surface area (TPSA) is 51.8 Å². The summed E-state index contributed by atoms with van der Waals surface area (Å²) in [4.78, 5) is 13.9. The second kappa shape index (κ2) is 18.9. The van der Waals surface area contributed by atoms with Gasteiger partial charge in [-0.3, -0.25) is 4.98 Å². The van der Waals surface area contributed by atoms with Crippen LogP contribution in [0.3, 0.4) is 0 Å². The van der Waals surface area contributed by atoms with E-state index in [4.69, 9.17) is 14.4 Å². The van der Waals surface area contributed by atoms with Gasteiger partial charge in [-0.1, -0.05) is 145 Å². The molecule has 0 saturated heterocycles. The molecule has 1 aliphatic carbocycles. The van der Waals surface area contributed by atoms with E-state index in [1.807, 2.05) is 32.2 Å². The predicted octanol–water partition coefficient (Wildman–Crippen LogP) is 14.9. The van der Waals surface area contributed by atoms with Gasteiger partial charge in [0.05, 0.1) is 13.7 Å². The van der Waals surface area contributed by atoms with E-state index in [0.29, 0.717) is 5.92 Å².